The van der Waals surface area contributed by atoms with E-state index >= 15 is 0 Å². The zero-order chi connectivity index (χ0) is 12.3. The molecule has 0 bridgehead atoms. The van der Waals surface area contributed by atoms with E-state index in [1.807, 2.05) is 0 Å². The van der Waals surface area contributed by atoms with Gasteiger partial charge in [0.2, 0.25) is 10.0 Å². The maximum Gasteiger partial charge on any atom is 0.215 e. The summed E-state index contributed by atoms with van der Waals surface area (Å²) in [6.07, 6.45) is 3.05. The van der Waals surface area contributed by atoms with Crippen LogP contribution in [0.2, 0.25) is 0 Å². The van der Waals surface area contributed by atoms with E-state index in [1.54, 1.807) is 0 Å². The molecule has 7 heteroatoms. The number of hydrogen-bond donors (Lipinski definition) is 2. The number of nitrogens with one attached hydrogen (secondary N) is 2. The molecule has 2 rings (SSSR count). The lowest BCUT2D eigenvalue weighted by atomic mass is 10.2. The lowest BCUT2D eigenvalue weighted by Crippen LogP contribution is -2.48. The third-order valence-corrected chi connectivity index (χ3v) is 6.73. The van der Waals surface area contributed by atoms with Crippen LogP contribution < -0.4 is 10.0 Å². The second-order valence-corrected chi connectivity index (χ2v) is 8.44. The van der Waals surface area contributed by atoms with Gasteiger partial charge in [0.15, 0.2) is 0 Å². The van der Waals surface area contributed by atoms with Crippen LogP contribution in [0.15, 0.2) is 0 Å². The Morgan fingerprint density at radius 1 is 1.18 bits per heavy atom. The van der Waals surface area contributed by atoms with E-state index in [4.69, 9.17) is 0 Å². The fourth-order valence-electron chi connectivity index (χ4n) is 2.32. The monoisotopic (exact) mass is 280 g/mol. The molecule has 0 saturated carbocycles. The molecule has 0 radical (unpaired) electrons. The van der Waals surface area contributed by atoms with Gasteiger partial charge in [-0.15, -0.1) is 0 Å². The summed E-state index contributed by atoms with van der Waals surface area (Å²) in [4.78, 5) is 0. The molecule has 1 atom stereocenters. The van der Waals surface area contributed by atoms with Gasteiger partial charge in [-0.1, -0.05) is 0 Å². The van der Waals surface area contributed by atoms with Crippen molar-refractivity contribution < 1.29 is 12.6 Å². The van der Waals surface area contributed by atoms with Crippen molar-refractivity contribution in [1.82, 2.24) is 10.0 Å². The first-order valence-corrected chi connectivity index (χ1v) is 9.18. The Morgan fingerprint density at radius 2 is 1.88 bits per heavy atom. The van der Waals surface area contributed by atoms with Crippen molar-refractivity contribution >= 4 is 20.8 Å². The van der Waals surface area contributed by atoms with Crippen LogP contribution in [-0.4, -0.2) is 48.5 Å². The molecule has 17 heavy (non-hydrogen) atoms. The smallest absolute Gasteiger partial charge is 0.215 e. The van der Waals surface area contributed by atoms with Crippen molar-refractivity contribution in [2.24, 2.45) is 0 Å². The Balaban J connectivity index is 1.90. The average Bonchev–Trinajstić information content (AvgIpc) is 2.33. The van der Waals surface area contributed by atoms with Crippen LogP contribution in [0.1, 0.15) is 25.7 Å². The van der Waals surface area contributed by atoms with Gasteiger partial charge in [0.1, 0.15) is 0 Å². The molecule has 0 amide bonds. The molecule has 0 aromatic heterocycles. The zero-order valence-corrected chi connectivity index (χ0v) is 11.5. The molecule has 0 aromatic rings. The van der Waals surface area contributed by atoms with Crippen molar-refractivity contribution in [3.63, 3.8) is 0 Å². The topological polar surface area (TPSA) is 75.3 Å². The van der Waals surface area contributed by atoms with Crippen LogP contribution in [0.4, 0.5) is 0 Å². The Hall–Kier alpha value is 0.0200. The summed E-state index contributed by atoms with van der Waals surface area (Å²) in [6.45, 7) is 1.46. The maximum atomic E-state index is 12.1. The third kappa shape index (κ3) is 3.74. The summed E-state index contributed by atoms with van der Waals surface area (Å²) in [5.74, 6) is 1.24. The molecule has 100 valence electrons. The molecular weight excluding hydrogens is 260 g/mol. The summed E-state index contributed by atoms with van der Waals surface area (Å²) < 4.78 is 38.2. The molecule has 2 fully saturated rings. The molecular formula is C10H20N2O3S2. The second kappa shape index (κ2) is 5.77. The van der Waals surface area contributed by atoms with Crippen molar-refractivity contribution in [2.45, 2.75) is 37.0 Å². The van der Waals surface area contributed by atoms with Gasteiger partial charge in [0, 0.05) is 34.9 Å². The minimum atomic E-state index is -3.21. The molecule has 0 aliphatic carbocycles. The van der Waals surface area contributed by atoms with Gasteiger partial charge < -0.3 is 5.32 Å². The van der Waals surface area contributed by atoms with Crippen molar-refractivity contribution in [2.75, 3.05) is 24.6 Å². The quantitative estimate of drug-likeness (QED) is 0.735. The van der Waals surface area contributed by atoms with Crippen molar-refractivity contribution in [3.8, 4) is 0 Å². The highest BCUT2D eigenvalue weighted by Gasteiger charge is 2.30. The van der Waals surface area contributed by atoms with E-state index in [0.29, 0.717) is 30.9 Å². The molecule has 5 nitrogen and oxygen atoms in total. The van der Waals surface area contributed by atoms with Gasteiger partial charge in [0.05, 0.1) is 5.25 Å². The first-order chi connectivity index (χ1) is 8.08. The highest BCUT2D eigenvalue weighted by Crippen LogP contribution is 2.15. The fraction of sp³-hybridized carbons (Fsp3) is 1.00. The first-order valence-electron chi connectivity index (χ1n) is 6.15. The summed E-state index contributed by atoms with van der Waals surface area (Å²) in [7, 11) is -3.95. The number of piperidine rings is 1. The average molecular weight is 280 g/mol. The van der Waals surface area contributed by atoms with Crippen LogP contribution in [0.5, 0.6) is 0 Å². The lowest BCUT2D eigenvalue weighted by Gasteiger charge is -2.27. The molecule has 1 unspecified atom stereocenters. The van der Waals surface area contributed by atoms with Crippen LogP contribution in [0.25, 0.3) is 0 Å². The predicted molar refractivity (Wildman–Crippen MR) is 68.8 cm³/mol. The Bertz CT molecular complexity index is 367. The largest absolute Gasteiger partial charge is 0.315 e. The van der Waals surface area contributed by atoms with Gasteiger partial charge in [-0.3, -0.25) is 4.21 Å². The van der Waals surface area contributed by atoms with Crippen LogP contribution in [0, 0.1) is 0 Å². The number of sulfonamides is 1. The van der Waals surface area contributed by atoms with Gasteiger partial charge in [0.25, 0.3) is 0 Å². The molecule has 2 aliphatic heterocycles. The number of rotatable bonds is 3. The minimum Gasteiger partial charge on any atom is -0.315 e. The van der Waals surface area contributed by atoms with Crippen LogP contribution in [0.3, 0.4) is 0 Å². The van der Waals surface area contributed by atoms with Crippen molar-refractivity contribution in [1.29, 1.82) is 0 Å². The first kappa shape index (κ1) is 13.5. The normalized spacial score (nSPS) is 35.6. The highest BCUT2D eigenvalue weighted by molar-refractivity contribution is 7.90. The Labute approximate surface area is 105 Å². The highest BCUT2D eigenvalue weighted by atomic mass is 32.2. The summed E-state index contributed by atoms with van der Waals surface area (Å²) >= 11 is 0. The van der Waals surface area contributed by atoms with Gasteiger partial charge in [-0.05, 0) is 32.2 Å². The van der Waals surface area contributed by atoms with Crippen LogP contribution in [-0.2, 0) is 20.8 Å². The van der Waals surface area contributed by atoms with Crippen LogP contribution >= 0.6 is 0 Å². The fourth-order valence-corrected chi connectivity index (χ4v) is 5.33. The van der Waals surface area contributed by atoms with E-state index in [1.165, 1.54) is 0 Å². The minimum absolute atomic E-state index is 0.0142. The molecule has 2 heterocycles. The molecule has 2 N–H and O–H groups in total. The molecule has 0 aromatic carbocycles. The summed E-state index contributed by atoms with van der Waals surface area (Å²) in [6, 6.07) is -0.0142. The standard InChI is InChI=1S/C10H20N2O3S2/c13-16-6-3-9(4-7-16)12-17(14,15)10-2-1-5-11-8-10/h9-12H,1-8H2. The van der Waals surface area contributed by atoms with Gasteiger partial charge >= 0.3 is 0 Å². The Morgan fingerprint density at radius 3 is 2.47 bits per heavy atom. The summed E-state index contributed by atoms with van der Waals surface area (Å²) in [5.41, 5.74) is 0. The summed E-state index contributed by atoms with van der Waals surface area (Å²) in [5, 5.41) is 2.82. The third-order valence-electron chi connectivity index (χ3n) is 3.41. The van der Waals surface area contributed by atoms with E-state index in [2.05, 4.69) is 10.0 Å². The van der Waals surface area contributed by atoms with Gasteiger partial charge in [-0.25, -0.2) is 13.1 Å². The molecule has 2 aliphatic rings. The van der Waals surface area contributed by atoms with E-state index in [0.717, 1.165) is 19.4 Å². The van der Waals surface area contributed by atoms with Gasteiger partial charge in [-0.2, -0.15) is 0 Å². The van der Waals surface area contributed by atoms with E-state index in [-0.39, 0.29) is 11.3 Å². The second-order valence-electron chi connectivity index (χ2n) is 4.75. The lowest BCUT2D eigenvalue weighted by molar-refractivity contribution is 0.473. The maximum absolute atomic E-state index is 12.1. The SMILES string of the molecule is O=S1CCC(NS(=O)(=O)C2CCCNC2)CC1. The zero-order valence-electron chi connectivity index (χ0n) is 9.85. The number of hydrogen-bond acceptors (Lipinski definition) is 4. The molecule has 2 saturated heterocycles. The molecule has 0 spiro atoms. The Kier molecular flexibility index (Phi) is 4.57. The van der Waals surface area contributed by atoms with E-state index < -0.39 is 20.8 Å². The predicted octanol–water partition coefficient (Wildman–Crippen LogP) is -0.431. The van der Waals surface area contributed by atoms with E-state index in [9.17, 15) is 12.6 Å². The van der Waals surface area contributed by atoms with Crippen molar-refractivity contribution in [3.05, 3.63) is 0 Å².